The third kappa shape index (κ3) is 3.43. The van der Waals surface area contributed by atoms with Crippen LogP contribution < -0.4 is 4.74 Å². The topological polar surface area (TPSA) is 49.8 Å². The Kier molecular flexibility index (Phi) is 5.12. The number of carbonyl (C=O) groups is 1. The van der Waals surface area contributed by atoms with Gasteiger partial charge in [-0.2, -0.15) is 0 Å². The summed E-state index contributed by atoms with van der Waals surface area (Å²) in [4.78, 5) is 13.9. The zero-order valence-corrected chi connectivity index (χ0v) is 12.5. The zero-order chi connectivity index (χ0) is 16.1. The van der Waals surface area contributed by atoms with Crippen molar-refractivity contribution in [1.29, 1.82) is 0 Å². The van der Waals surface area contributed by atoms with E-state index in [2.05, 4.69) is 0 Å². The minimum Gasteiger partial charge on any atom is -0.497 e. The van der Waals surface area contributed by atoms with Gasteiger partial charge < -0.3 is 14.7 Å². The van der Waals surface area contributed by atoms with Crippen molar-refractivity contribution in [1.82, 2.24) is 4.90 Å². The number of likely N-dealkylation sites (N-methyl/N-ethyl adjacent to an activating group) is 1. The summed E-state index contributed by atoms with van der Waals surface area (Å²) >= 11 is 0. The molecule has 0 saturated heterocycles. The quantitative estimate of drug-likeness (QED) is 0.924. The Bertz CT molecular complexity index is 625. The summed E-state index contributed by atoms with van der Waals surface area (Å²) in [6.45, 7) is -0.213. The first-order valence-electron chi connectivity index (χ1n) is 6.84. The highest BCUT2D eigenvalue weighted by molar-refractivity contribution is 5.94. The molecule has 2 aromatic carbocycles. The largest absolute Gasteiger partial charge is 0.497 e. The van der Waals surface area contributed by atoms with Crippen molar-refractivity contribution in [2.75, 3.05) is 20.8 Å². The van der Waals surface area contributed by atoms with E-state index < -0.39 is 11.9 Å². The molecule has 0 bridgehead atoms. The minimum atomic E-state index is -0.483. The first-order valence-corrected chi connectivity index (χ1v) is 6.84. The second kappa shape index (κ2) is 7.04. The molecule has 2 aromatic rings. The average Bonchev–Trinajstić information content (AvgIpc) is 2.56. The van der Waals surface area contributed by atoms with Crippen LogP contribution in [-0.4, -0.2) is 36.7 Å². The van der Waals surface area contributed by atoms with Gasteiger partial charge in [-0.3, -0.25) is 4.79 Å². The molecule has 0 radical (unpaired) electrons. The van der Waals surface area contributed by atoms with Crippen molar-refractivity contribution in [2.24, 2.45) is 0 Å². The van der Waals surface area contributed by atoms with Gasteiger partial charge in [-0.25, -0.2) is 4.39 Å². The summed E-state index contributed by atoms with van der Waals surface area (Å²) in [6, 6.07) is 12.0. The number of methoxy groups -OCH3 is 1. The lowest BCUT2D eigenvalue weighted by atomic mass is 10.0. The molecule has 1 atom stereocenters. The molecule has 2 rings (SSSR count). The third-order valence-corrected chi connectivity index (χ3v) is 3.55. The van der Waals surface area contributed by atoms with E-state index in [-0.39, 0.29) is 12.5 Å². The Balaban J connectivity index is 2.21. The van der Waals surface area contributed by atoms with E-state index in [4.69, 9.17) is 4.74 Å². The summed E-state index contributed by atoms with van der Waals surface area (Å²) < 4.78 is 18.0. The maximum Gasteiger partial charge on any atom is 0.254 e. The second-order valence-electron chi connectivity index (χ2n) is 4.89. The molecule has 0 spiro atoms. The van der Waals surface area contributed by atoms with Gasteiger partial charge in [0.15, 0.2) is 0 Å². The molecule has 0 aromatic heterocycles. The van der Waals surface area contributed by atoms with E-state index in [1.54, 1.807) is 38.4 Å². The van der Waals surface area contributed by atoms with Gasteiger partial charge in [0, 0.05) is 12.6 Å². The molecule has 0 saturated carbocycles. The Hall–Kier alpha value is -2.40. The molecule has 0 aliphatic rings. The summed E-state index contributed by atoms with van der Waals surface area (Å²) in [5.74, 6) is 0.0240. The number of ether oxygens (including phenoxy) is 1. The Morgan fingerprint density at radius 3 is 2.27 bits per heavy atom. The van der Waals surface area contributed by atoms with Gasteiger partial charge in [0.05, 0.1) is 19.8 Å². The number of aliphatic hydroxyl groups is 1. The first-order chi connectivity index (χ1) is 10.6. The third-order valence-electron chi connectivity index (χ3n) is 3.55. The van der Waals surface area contributed by atoms with Crippen molar-refractivity contribution in [3.05, 3.63) is 65.5 Å². The van der Waals surface area contributed by atoms with Gasteiger partial charge in [0.1, 0.15) is 11.6 Å². The molecule has 0 aliphatic carbocycles. The molecular weight excluding hydrogens is 285 g/mol. The van der Waals surface area contributed by atoms with Crippen LogP contribution in [0.15, 0.2) is 48.5 Å². The number of hydrogen-bond donors (Lipinski definition) is 1. The Morgan fingerprint density at radius 2 is 1.77 bits per heavy atom. The highest BCUT2D eigenvalue weighted by Gasteiger charge is 2.22. The lowest BCUT2D eigenvalue weighted by molar-refractivity contribution is 0.0658. The summed E-state index contributed by atoms with van der Waals surface area (Å²) in [5.41, 5.74) is 1.16. The fraction of sp³-hybridized carbons (Fsp3) is 0.235. The monoisotopic (exact) mass is 303 g/mol. The molecule has 1 amide bonds. The lowest BCUT2D eigenvalue weighted by Gasteiger charge is -2.27. The minimum absolute atomic E-state index is 0.213. The molecule has 4 nitrogen and oxygen atoms in total. The van der Waals surface area contributed by atoms with Gasteiger partial charge in [-0.05, 0) is 42.0 Å². The predicted molar refractivity (Wildman–Crippen MR) is 81.3 cm³/mol. The van der Waals surface area contributed by atoms with Crippen molar-refractivity contribution >= 4 is 5.91 Å². The van der Waals surface area contributed by atoms with Gasteiger partial charge in [-0.15, -0.1) is 0 Å². The normalized spacial score (nSPS) is 11.8. The molecule has 0 heterocycles. The molecule has 116 valence electrons. The molecule has 22 heavy (non-hydrogen) atoms. The van der Waals surface area contributed by atoms with E-state index in [9.17, 15) is 14.3 Å². The van der Waals surface area contributed by atoms with Crippen molar-refractivity contribution in [2.45, 2.75) is 6.04 Å². The van der Waals surface area contributed by atoms with E-state index in [1.165, 1.54) is 29.2 Å². The number of amides is 1. The number of hydrogen-bond acceptors (Lipinski definition) is 3. The van der Waals surface area contributed by atoms with Crippen molar-refractivity contribution in [3.63, 3.8) is 0 Å². The second-order valence-corrected chi connectivity index (χ2v) is 4.89. The van der Waals surface area contributed by atoms with Crippen LogP contribution in [0.25, 0.3) is 0 Å². The number of halogens is 1. The highest BCUT2D eigenvalue weighted by Crippen LogP contribution is 2.23. The summed E-state index contributed by atoms with van der Waals surface area (Å²) in [7, 11) is 3.18. The summed E-state index contributed by atoms with van der Waals surface area (Å²) in [5, 5.41) is 9.63. The van der Waals surface area contributed by atoms with E-state index in [0.29, 0.717) is 11.3 Å². The SMILES string of the molecule is COc1ccc(C(CO)N(C)C(=O)c2ccc(F)cc2)cc1. The fourth-order valence-corrected chi connectivity index (χ4v) is 2.22. The molecule has 1 N–H and O–H groups in total. The maximum atomic E-state index is 12.9. The molecular formula is C17H18FNO3. The Labute approximate surface area is 128 Å². The number of rotatable bonds is 5. The van der Waals surface area contributed by atoms with Crippen LogP contribution in [0.4, 0.5) is 4.39 Å². The molecule has 5 heteroatoms. The van der Waals surface area contributed by atoms with Crippen LogP contribution >= 0.6 is 0 Å². The maximum absolute atomic E-state index is 12.9. The van der Waals surface area contributed by atoms with Gasteiger partial charge in [-0.1, -0.05) is 12.1 Å². The van der Waals surface area contributed by atoms with E-state index in [0.717, 1.165) is 5.56 Å². The van der Waals surface area contributed by atoms with Crippen LogP contribution in [0.5, 0.6) is 5.75 Å². The van der Waals surface area contributed by atoms with E-state index >= 15 is 0 Å². The molecule has 0 fully saturated rings. The van der Waals surface area contributed by atoms with Crippen LogP contribution in [0.3, 0.4) is 0 Å². The van der Waals surface area contributed by atoms with Crippen LogP contribution in [0.1, 0.15) is 22.0 Å². The first kappa shape index (κ1) is 16.0. The number of aliphatic hydroxyl groups excluding tert-OH is 1. The highest BCUT2D eigenvalue weighted by atomic mass is 19.1. The van der Waals surface area contributed by atoms with Crippen molar-refractivity contribution in [3.8, 4) is 5.75 Å². The Morgan fingerprint density at radius 1 is 1.18 bits per heavy atom. The fourth-order valence-electron chi connectivity index (χ4n) is 2.22. The van der Waals surface area contributed by atoms with Crippen molar-refractivity contribution < 1.29 is 19.0 Å². The van der Waals surface area contributed by atoms with E-state index in [1.807, 2.05) is 0 Å². The molecule has 1 unspecified atom stereocenters. The van der Waals surface area contributed by atoms with Gasteiger partial charge in [0.25, 0.3) is 5.91 Å². The zero-order valence-electron chi connectivity index (χ0n) is 12.5. The van der Waals surface area contributed by atoms with Crippen LogP contribution in [-0.2, 0) is 0 Å². The standard InChI is InChI=1S/C17H18FNO3/c1-19(17(21)13-3-7-14(18)8-4-13)16(11-20)12-5-9-15(22-2)10-6-12/h3-10,16,20H,11H2,1-2H3. The smallest absolute Gasteiger partial charge is 0.254 e. The van der Waals surface area contributed by atoms with Crippen LogP contribution in [0, 0.1) is 5.82 Å². The number of nitrogens with zero attached hydrogens (tertiary/aromatic N) is 1. The van der Waals surface area contributed by atoms with Gasteiger partial charge >= 0.3 is 0 Å². The van der Waals surface area contributed by atoms with Crippen LogP contribution in [0.2, 0.25) is 0 Å². The predicted octanol–water partition coefficient (Wildman–Crippen LogP) is 2.64. The van der Waals surface area contributed by atoms with Gasteiger partial charge in [0.2, 0.25) is 0 Å². The number of benzene rings is 2. The lowest BCUT2D eigenvalue weighted by Crippen LogP contribution is -2.33. The number of carbonyl (C=O) groups excluding carboxylic acids is 1. The molecule has 0 aliphatic heterocycles. The average molecular weight is 303 g/mol. The summed E-state index contributed by atoms with van der Waals surface area (Å²) in [6.07, 6.45) is 0.